The monoisotopic (exact) mass is 232 g/mol. The van der Waals surface area contributed by atoms with Crippen LogP contribution in [0.4, 0.5) is 0 Å². The van der Waals surface area contributed by atoms with Gasteiger partial charge in [-0.2, -0.15) is 0 Å². The molecule has 1 heterocycles. The van der Waals surface area contributed by atoms with E-state index >= 15 is 0 Å². The summed E-state index contributed by atoms with van der Waals surface area (Å²) < 4.78 is 0. The van der Waals surface area contributed by atoms with Crippen molar-refractivity contribution in [1.82, 2.24) is 10.2 Å². The molecule has 1 aromatic rings. The molecule has 94 valence electrons. The number of nitrogens with one attached hydrogen (secondary N) is 1. The third-order valence-corrected chi connectivity index (χ3v) is 3.43. The van der Waals surface area contributed by atoms with Crippen molar-refractivity contribution < 1.29 is 0 Å². The number of nitrogens with zero attached hydrogens (tertiary/aromatic N) is 1. The highest BCUT2D eigenvalue weighted by Crippen LogP contribution is 2.18. The molecule has 1 saturated heterocycles. The van der Waals surface area contributed by atoms with E-state index < -0.39 is 0 Å². The second-order valence-corrected chi connectivity index (χ2v) is 5.44. The van der Waals surface area contributed by atoms with Crippen molar-refractivity contribution >= 4 is 0 Å². The molecule has 0 saturated carbocycles. The molecular formula is C15H24N2. The molecule has 1 fully saturated rings. The molecule has 0 aliphatic carbocycles. The van der Waals surface area contributed by atoms with Gasteiger partial charge in [0, 0.05) is 19.1 Å². The highest BCUT2D eigenvalue weighted by Gasteiger charge is 2.21. The van der Waals surface area contributed by atoms with Crippen molar-refractivity contribution in [1.29, 1.82) is 0 Å². The number of hydrogen-bond donors (Lipinski definition) is 1. The lowest BCUT2D eigenvalue weighted by molar-refractivity contribution is 0.313. The van der Waals surface area contributed by atoms with Crippen molar-refractivity contribution in [3.8, 4) is 0 Å². The lowest BCUT2D eigenvalue weighted by atomic mass is 10.1. The molecule has 0 bridgehead atoms. The maximum Gasteiger partial charge on any atom is 0.0233 e. The first-order chi connectivity index (χ1) is 8.24. The minimum Gasteiger partial charge on any atom is -0.314 e. The van der Waals surface area contributed by atoms with Crippen molar-refractivity contribution in [2.45, 2.75) is 32.9 Å². The van der Waals surface area contributed by atoms with Gasteiger partial charge in [0.15, 0.2) is 0 Å². The molecule has 0 unspecified atom stereocenters. The van der Waals surface area contributed by atoms with Gasteiger partial charge in [0.25, 0.3) is 0 Å². The van der Waals surface area contributed by atoms with E-state index in [9.17, 15) is 0 Å². The average molecular weight is 232 g/mol. The van der Waals surface area contributed by atoms with Gasteiger partial charge in [0.05, 0.1) is 0 Å². The van der Waals surface area contributed by atoms with Crippen LogP contribution < -0.4 is 5.32 Å². The summed E-state index contributed by atoms with van der Waals surface area (Å²) in [6.07, 6.45) is 1.34. The standard InChI is InChI=1S/C15H24N2/c1-13(2)16-10-15-8-9-17(12-15)11-14-6-4-3-5-7-14/h3-7,13,15-16H,8-12H2,1-2H3/t15-/m1/s1. The van der Waals surface area contributed by atoms with E-state index in [0.29, 0.717) is 6.04 Å². The van der Waals surface area contributed by atoms with Gasteiger partial charge >= 0.3 is 0 Å². The largest absolute Gasteiger partial charge is 0.314 e. The predicted molar refractivity (Wildman–Crippen MR) is 73.0 cm³/mol. The van der Waals surface area contributed by atoms with Crippen molar-refractivity contribution in [2.24, 2.45) is 5.92 Å². The molecule has 1 N–H and O–H groups in total. The second-order valence-electron chi connectivity index (χ2n) is 5.44. The van der Waals surface area contributed by atoms with E-state index in [4.69, 9.17) is 0 Å². The van der Waals surface area contributed by atoms with Crippen LogP contribution in [-0.4, -0.2) is 30.6 Å². The Balaban J connectivity index is 1.74. The van der Waals surface area contributed by atoms with Crippen molar-refractivity contribution in [3.05, 3.63) is 35.9 Å². The molecule has 1 aromatic carbocycles. The summed E-state index contributed by atoms with van der Waals surface area (Å²) in [5.74, 6) is 0.834. The van der Waals surface area contributed by atoms with Crippen LogP contribution >= 0.6 is 0 Å². The van der Waals surface area contributed by atoms with Crippen LogP contribution in [-0.2, 0) is 6.54 Å². The fraction of sp³-hybridized carbons (Fsp3) is 0.600. The first-order valence-electron chi connectivity index (χ1n) is 6.73. The Hall–Kier alpha value is -0.860. The summed E-state index contributed by atoms with van der Waals surface area (Å²) >= 11 is 0. The molecule has 0 radical (unpaired) electrons. The zero-order chi connectivity index (χ0) is 12.1. The Bertz CT molecular complexity index is 321. The van der Waals surface area contributed by atoms with Crippen LogP contribution in [0, 0.1) is 5.92 Å². The third-order valence-electron chi connectivity index (χ3n) is 3.43. The molecule has 17 heavy (non-hydrogen) atoms. The zero-order valence-corrected chi connectivity index (χ0v) is 11.0. The van der Waals surface area contributed by atoms with Gasteiger partial charge in [0.1, 0.15) is 0 Å². The van der Waals surface area contributed by atoms with Crippen molar-refractivity contribution in [2.75, 3.05) is 19.6 Å². The molecule has 1 aliphatic heterocycles. The average Bonchev–Trinajstić information content (AvgIpc) is 2.75. The Morgan fingerprint density at radius 3 is 2.76 bits per heavy atom. The molecule has 2 nitrogen and oxygen atoms in total. The molecule has 0 spiro atoms. The van der Waals surface area contributed by atoms with E-state index in [1.54, 1.807) is 0 Å². The Kier molecular flexibility index (Phi) is 4.57. The number of hydrogen-bond acceptors (Lipinski definition) is 2. The van der Waals surface area contributed by atoms with Gasteiger partial charge in [0.2, 0.25) is 0 Å². The summed E-state index contributed by atoms with van der Waals surface area (Å²) in [5.41, 5.74) is 1.44. The van der Waals surface area contributed by atoms with Crippen molar-refractivity contribution in [3.63, 3.8) is 0 Å². The van der Waals surface area contributed by atoms with E-state index in [1.807, 2.05) is 0 Å². The number of benzene rings is 1. The Labute approximate surface area is 105 Å². The first-order valence-corrected chi connectivity index (χ1v) is 6.73. The molecule has 1 aliphatic rings. The fourth-order valence-corrected chi connectivity index (χ4v) is 2.47. The van der Waals surface area contributed by atoms with E-state index in [-0.39, 0.29) is 0 Å². The van der Waals surface area contributed by atoms with Gasteiger partial charge in [-0.05, 0) is 31.0 Å². The van der Waals surface area contributed by atoms with Crippen LogP contribution in [0.2, 0.25) is 0 Å². The van der Waals surface area contributed by atoms with Crippen LogP contribution in [0.1, 0.15) is 25.8 Å². The van der Waals surface area contributed by atoms with E-state index in [1.165, 1.54) is 31.6 Å². The minimum absolute atomic E-state index is 0.609. The maximum atomic E-state index is 3.55. The van der Waals surface area contributed by atoms with Gasteiger partial charge in [-0.25, -0.2) is 0 Å². The first kappa shape index (κ1) is 12.6. The van der Waals surface area contributed by atoms with E-state index in [0.717, 1.165) is 12.5 Å². The quantitative estimate of drug-likeness (QED) is 0.839. The number of rotatable bonds is 5. The Morgan fingerprint density at radius 1 is 1.29 bits per heavy atom. The smallest absolute Gasteiger partial charge is 0.0233 e. The van der Waals surface area contributed by atoms with Crippen LogP contribution in [0.25, 0.3) is 0 Å². The highest BCUT2D eigenvalue weighted by molar-refractivity contribution is 5.14. The predicted octanol–water partition coefficient (Wildman–Crippen LogP) is 2.51. The summed E-state index contributed by atoms with van der Waals surface area (Å²) in [6.45, 7) is 9.21. The highest BCUT2D eigenvalue weighted by atomic mass is 15.1. The topological polar surface area (TPSA) is 15.3 Å². The third kappa shape index (κ3) is 4.14. The summed E-state index contributed by atoms with van der Waals surface area (Å²) in [5, 5.41) is 3.55. The van der Waals surface area contributed by atoms with Crippen LogP contribution in [0.15, 0.2) is 30.3 Å². The molecular weight excluding hydrogens is 208 g/mol. The van der Waals surface area contributed by atoms with Gasteiger partial charge in [-0.15, -0.1) is 0 Å². The molecule has 2 rings (SSSR count). The van der Waals surface area contributed by atoms with Crippen LogP contribution in [0.5, 0.6) is 0 Å². The lowest BCUT2D eigenvalue weighted by Gasteiger charge is -2.17. The van der Waals surface area contributed by atoms with Crippen LogP contribution in [0.3, 0.4) is 0 Å². The number of likely N-dealkylation sites (tertiary alicyclic amines) is 1. The molecule has 0 amide bonds. The molecule has 0 aromatic heterocycles. The minimum atomic E-state index is 0.609. The fourth-order valence-electron chi connectivity index (χ4n) is 2.47. The summed E-state index contributed by atoms with van der Waals surface area (Å²) in [4.78, 5) is 2.57. The normalized spacial score (nSPS) is 21.2. The SMILES string of the molecule is CC(C)NC[C@H]1CCN(Cc2ccccc2)C1. The zero-order valence-electron chi connectivity index (χ0n) is 11.0. The van der Waals surface area contributed by atoms with E-state index in [2.05, 4.69) is 54.4 Å². The van der Waals surface area contributed by atoms with Gasteiger partial charge in [-0.1, -0.05) is 44.2 Å². The molecule has 1 atom stereocenters. The lowest BCUT2D eigenvalue weighted by Crippen LogP contribution is -2.30. The van der Waals surface area contributed by atoms with Gasteiger partial charge < -0.3 is 5.32 Å². The maximum absolute atomic E-state index is 3.55. The summed E-state index contributed by atoms with van der Waals surface area (Å²) in [7, 11) is 0. The molecule has 2 heteroatoms. The second kappa shape index (κ2) is 6.18. The van der Waals surface area contributed by atoms with Gasteiger partial charge in [-0.3, -0.25) is 4.90 Å². The summed E-state index contributed by atoms with van der Waals surface area (Å²) in [6, 6.07) is 11.4. The Morgan fingerprint density at radius 2 is 2.06 bits per heavy atom.